The van der Waals surface area contributed by atoms with E-state index in [1.54, 1.807) is 0 Å². The molecular weight excluding hydrogens is 560 g/mol. The van der Waals surface area contributed by atoms with Crippen LogP contribution in [0.5, 0.6) is 0 Å². The highest BCUT2D eigenvalue weighted by Gasteiger charge is 2.15. The van der Waals surface area contributed by atoms with Gasteiger partial charge >= 0.3 is 6.09 Å². The first-order valence-corrected chi connectivity index (χ1v) is 15.9. The summed E-state index contributed by atoms with van der Waals surface area (Å²) in [4.78, 5) is 28.4. The first-order chi connectivity index (χ1) is 21.7. The maximum atomic E-state index is 11.8. The standard InChI is InChI=1S/C37H42N6O2/c1-37(2,3)45-36(44)39-19-7-5-9-35-41-31-17-15-28(23-33(31)43-35)26-13-11-24-10-12-25(20-29(24)21-26)27-14-16-30-32(22-27)42-34(40-30)8-4-6-18-38/h10-17,20-23H,4-9,18-19,38H2,1-3H3,(H,39,44)(H,40,42)(H,41,43). The fraction of sp³-hybridized carbons (Fsp3) is 0.324. The Morgan fingerprint density at radius 2 is 1.31 bits per heavy atom. The second-order valence-electron chi connectivity index (χ2n) is 12.7. The average molecular weight is 603 g/mol. The number of aromatic amines is 2. The van der Waals surface area contributed by atoms with Crippen molar-refractivity contribution in [3.63, 3.8) is 0 Å². The number of unbranched alkanes of at least 4 members (excludes halogenated alkanes) is 2. The van der Waals surface area contributed by atoms with Gasteiger partial charge in [0.2, 0.25) is 0 Å². The number of fused-ring (bicyclic) bond motifs is 3. The molecule has 8 heteroatoms. The van der Waals surface area contributed by atoms with Gasteiger partial charge < -0.3 is 25.8 Å². The zero-order valence-corrected chi connectivity index (χ0v) is 26.4. The number of amides is 1. The predicted molar refractivity (Wildman–Crippen MR) is 183 cm³/mol. The van der Waals surface area contributed by atoms with Crippen LogP contribution in [0.1, 0.15) is 58.1 Å². The Morgan fingerprint density at radius 3 is 2.02 bits per heavy atom. The summed E-state index contributed by atoms with van der Waals surface area (Å²) in [7, 11) is 0. The minimum atomic E-state index is -0.487. The number of H-pyrrole nitrogens is 2. The number of rotatable bonds is 11. The SMILES string of the molecule is CC(C)(C)OC(=O)NCCCCc1nc2cc(-c3ccc4ccc(-c5ccc6nc(CCCCN)[nH]c6c5)cc4c3)ccc2[nH]1. The second kappa shape index (κ2) is 13.1. The highest BCUT2D eigenvalue weighted by Crippen LogP contribution is 2.31. The Hall–Kier alpha value is -4.69. The number of aromatic nitrogens is 4. The molecule has 6 aromatic rings. The number of nitrogens with one attached hydrogen (secondary N) is 3. The van der Waals surface area contributed by atoms with E-state index in [2.05, 4.69) is 88.1 Å². The number of alkyl carbamates (subject to hydrolysis) is 1. The molecular formula is C37H42N6O2. The lowest BCUT2D eigenvalue weighted by molar-refractivity contribution is 0.0527. The van der Waals surface area contributed by atoms with Crippen LogP contribution in [0.2, 0.25) is 0 Å². The number of benzene rings is 4. The molecule has 5 N–H and O–H groups in total. The third-order valence-corrected chi connectivity index (χ3v) is 7.95. The van der Waals surface area contributed by atoms with Crippen LogP contribution in [0, 0.1) is 0 Å². The number of aryl methyl sites for hydroxylation is 2. The van der Waals surface area contributed by atoms with Crippen LogP contribution in [-0.4, -0.2) is 44.7 Å². The summed E-state index contributed by atoms with van der Waals surface area (Å²) in [5.74, 6) is 1.98. The maximum absolute atomic E-state index is 11.8. The van der Waals surface area contributed by atoms with Gasteiger partial charge in [-0.2, -0.15) is 0 Å². The number of nitrogens with two attached hydrogens (primary N) is 1. The van der Waals surface area contributed by atoms with Crippen molar-refractivity contribution in [3.05, 3.63) is 84.4 Å². The third kappa shape index (κ3) is 7.52. The Labute approximate surface area is 263 Å². The van der Waals surface area contributed by atoms with Crippen molar-refractivity contribution < 1.29 is 9.53 Å². The van der Waals surface area contributed by atoms with Crippen molar-refractivity contribution in [2.45, 2.75) is 64.9 Å². The molecule has 0 saturated heterocycles. The Kier molecular flexibility index (Phi) is 8.85. The Bertz CT molecular complexity index is 1950. The van der Waals surface area contributed by atoms with Crippen LogP contribution in [0.4, 0.5) is 4.79 Å². The molecule has 6 rings (SSSR count). The number of nitrogens with zero attached hydrogens (tertiary/aromatic N) is 2. The molecule has 2 aromatic heterocycles. The minimum Gasteiger partial charge on any atom is -0.444 e. The average Bonchev–Trinajstić information content (AvgIpc) is 3.62. The number of ether oxygens (including phenoxy) is 1. The van der Waals surface area contributed by atoms with E-state index in [0.29, 0.717) is 13.1 Å². The molecule has 0 radical (unpaired) electrons. The normalized spacial score (nSPS) is 11.9. The molecule has 0 saturated carbocycles. The molecule has 1 amide bonds. The minimum absolute atomic E-state index is 0.372. The Balaban J connectivity index is 1.14. The molecule has 0 bridgehead atoms. The number of carbonyl (C=O) groups excluding carboxylic acids is 1. The number of hydrogen-bond acceptors (Lipinski definition) is 5. The van der Waals surface area contributed by atoms with Crippen LogP contribution < -0.4 is 11.1 Å². The number of hydrogen-bond donors (Lipinski definition) is 4. The Morgan fingerprint density at radius 1 is 0.711 bits per heavy atom. The van der Waals surface area contributed by atoms with Gasteiger partial charge in [0.1, 0.15) is 17.2 Å². The first-order valence-electron chi connectivity index (χ1n) is 15.9. The smallest absolute Gasteiger partial charge is 0.407 e. The largest absolute Gasteiger partial charge is 0.444 e. The summed E-state index contributed by atoms with van der Waals surface area (Å²) in [5, 5.41) is 5.22. The van der Waals surface area contributed by atoms with Gasteiger partial charge in [-0.1, -0.05) is 36.4 Å². The third-order valence-electron chi connectivity index (χ3n) is 7.95. The van der Waals surface area contributed by atoms with Crippen LogP contribution in [0.15, 0.2) is 72.8 Å². The van der Waals surface area contributed by atoms with Crippen molar-refractivity contribution >= 4 is 38.9 Å². The summed E-state index contributed by atoms with van der Waals surface area (Å²) in [5.41, 5.74) is 13.8. The van der Waals surface area contributed by atoms with Gasteiger partial charge in [-0.05, 0) is 122 Å². The summed E-state index contributed by atoms with van der Waals surface area (Å²) in [6.45, 7) is 6.88. The van der Waals surface area contributed by atoms with Gasteiger partial charge in [-0.25, -0.2) is 14.8 Å². The van der Waals surface area contributed by atoms with E-state index in [1.807, 2.05) is 20.8 Å². The predicted octanol–water partition coefficient (Wildman–Crippen LogP) is 8.06. The first kappa shape index (κ1) is 30.3. The summed E-state index contributed by atoms with van der Waals surface area (Å²) in [6.07, 6.45) is 5.18. The zero-order chi connectivity index (χ0) is 31.4. The molecule has 0 atom stereocenters. The highest BCUT2D eigenvalue weighted by molar-refractivity contribution is 5.93. The molecule has 0 fully saturated rings. The molecule has 0 aliphatic heterocycles. The molecule has 0 unspecified atom stereocenters. The highest BCUT2D eigenvalue weighted by atomic mass is 16.6. The van der Waals surface area contributed by atoms with Gasteiger partial charge in [0.15, 0.2) is 0 Å². The summed E-state index contributed by atoms with van der Waals surface area (Å²) in [6, 6.07) is 26.1. The van der Waals surface area contributed by atoms with Crippen molar-refractivity contribution in [1.82, 2.24) is 25.3 Å². The van der Waals surface area contributed by atoms with Gasteiger partial charge in [0.25, 0.3) is 0 Å². The lowest BCUT2D eigenvalue weighted by Crippen LogP contribution is -2.33. The number of imidazole rings is 2. The van der Waals surface area contributed by atoms with E-state index in [1.165, 1.54) is 16.3 Å². The number of carbonyl (C=O) groups is 1. The molecule has 0 aliphatic rings. The quantitative estimate of drug-likeness (QED) is 0.112. The topological polar surface area (TPSA) is 122 Å². The van der Waals surface area contributed by atoms with E-state index in [0.717, 1.165) is 88.9 Å². The molecule has 4 aromatic carbocycles. The summed E-state index contributed by atoms with van der Waals surface area (Å²) >= 11 is 0. The van der Waals surface area contributed by atoms with Crippen LogP contribution in [0.3, 0.4) is 0 Å². The summed E-state index contributed by atoms with van der Waals surface area (Å²) < 4.78 is 5.29. The molecule has 0 aliphatic carbocycles. The van der Waals surface area contributed by atoms with Gasteiger partial charge in [0, 0.05) is 19.4 Å². The molecule has 0 spiro atoms. The van der Waals surface area contributed by atoms with Gasteiger partial charge in [-0.15, -0.1) is 0 Å². The van der Waals surface area contributed by atoms with E-state index >= 15 is 0 Å². The lowest BCUT2D eigenvalue weighted by Gasteiger charge is -2.19. The lowest BCUT2D eigenvalue weighted by atomic mass is 9.97. The molecule has 232 valence electrons. The van der Waals surface area contributed by atoms with Crippen molar-refractivity contribution in [2.75, 3.05) is 13.1 Å². The van der Waals surface area contributed by atoms with Gasteiger partial charge in [-0.3, -0.25) is 0 Å². The van der Waals surface area contributed by atoms with Crippen LogP contribution >= 0.6 is 0 Å². The fourth-order valence-corrected chi connectivity index (χ4v) is 5.68. The molecule has 2 heterocycles. The van der Waals surface area contributed by atoms with Gasteiger partial charge in [0.05, 0.1) is 22.1 Å². The van der Waals surface area contributed by atoms with Crippen molar-refractivity contribution in [1.29, 1.82) is 0 Å². The zero-order valence-electron chi connectivity index (χ0n) is 26.4. The maximum Gasteiger partial charge on any atom is 0.407 e. The van der Waals surface area contributed by atoms with Crippen molar-refractivity contribution in [3.8, 4) is 22.3 Å². The molecule has 8 nitrogen and oxygen atoms in total. The van der Waals surface area contributed by atoms with E-state index in [4.69, 9.17) is 20.4 Å². The second-order valence-corrected chi connectivity index (χ2v) is 12.7. The van der Waals surface area contributed by atoms with Crippen molar-refractivity contribution in [2.24, 2.45) is 5.73 Å². The van der Waals surface area contributed by atoms with E-state index in [-0.39, 0.29) is 6.09 Å². The van der Waals surface area contributed by atoms with E-state index < -0.39 is 5.60 Å². The monoisotopic (exact) mass is 602 g/mol. The fourth-order valence-electron chi connectivity index (χ4n) is 5.68. The van der Waals surface area contributed by atoms with E-state index in [9.17, 15) is 4.79 Å². The van der Waals surface area contributed by atoms with Crippen LogP contribution in [-0.2, 0) is 17.6 Å². The molecule has 45 heavy (non-hydrogen) atoms. The van der Waals surface area contributed by atoms with Crippen LogP contribution in [0.25, 0.3) is 55.1 Å².